The monoisotopic (exact) mass is 276 g/mol. The van der Waals surface area contributed by atoms with Crippen LogP contribution in [0.2, 0.25) is 0 Å². The van der Waals surface area contributed by atoms with Crippen LogP contribution in [0, 0.1) is 0 Å². The van der Waals surface area contributed by atoms with Crippen molar-refractivity contribution in [3.63, 3.8) is 0 Å². The van der Waals surface area contributed by atoms with E-state index in [2.05, 4.69) is 0 Å². The van der Waals surface area contributed by atoms with Crippen LogP contribution in [0.3, 0.4) is 0 Å². The lowest BCUT2D eigenvalue weighted by Crippen LogP contribution is -1.97. The van der Waals surface area contributed by atoms with Gasteiger partial charge < -0.3 is 10.2 Å². The van der Waals surface area contributed by atoms with Crippen LogP contribution in [0.15, 0.2) is 58.7 Å². The Kier molecular flexibility index (Phi) is 7.67. The SMILES string of the molecule is CC=C(/C=C(C)/C=C(C)/C=C/C=C(\C)C(=O)O)C(=O)O. The van der Waals surface area contributed by atoms with Crippen LogP contribution in [0.1, 0.15) is 27.7 Å². The Labute approximate surface area is 119 Å². The van der Waals surface area contributed by atoms with Gasteiger partial charge in [-0.25, -0.2) is 9.59 Å². The van der Waals surface area contributed by atoms with Gasteiger partial charge in [-0.05, 0) is 33.8 Å². The molecular weight excluding hydrogens is 256 g/mol. The van der Waals surface area contributed by atoms with Gasteiger partial charge in [0.05, 0.1) is 5.57 Å². The summed E-state index contributed by atoms with van der Waals surface area (Å²) in [6, 6.07) is 0. The smallest absolute Gasteiger partial charge is 0.335 e. The maximum Gasteiger partial charge on any atom is 0.335 e. The van der Waals surface area contributed by atoms with E-state index in [-0.39, 0.29) is 11.1 Å². The third kappa shape index (κ3) is 7.16. The van der Waals surface area contributed by atoms with Crippen molar-refractivity contribution in [1.82, 2.24) is 0 Å². The van der Waals surface area contributed by atoms with E-state index in [1.54, 1.807) is 25.2 Å². The summed E-state index contributed by atoms with van der Waals surface area (Å²) >= 11 is 0. The molecule has 0 atom stereocenters. The zero-order chi connectivity index (χ0) is 15.7. The lowest BCUT2D eigenvalue weighted by Gasteiger charge is -1.97. The third-order valence-electron chi connectivity index (χ3n) is 2.44. The molecule has 2 N–H and O–H groups in total. The van der Waals surface area contributed by atoms with E-state index in [1.807, 2.05) is 19.9 Å². The van der Waals surface area contributed by atoms with Gasteiger partial charge in [0.25, 0.3) is 0 Å². The van der Waals surface area contributed by atoms with E-state index in [4.69, 9.17) is 10.2 Å². The number of carbonyl (C=O) groups is 2. The molecule has 0 fully saturated rings. The Morgan fingerprint density at radius 1 is 0.900 bits per heavy atom. The summed E-state index contributed by atoms with van der Waals surface area (Å²) in [5, 5.41) is 17.6. The van der Waals surface area contributed by atoms with Gasteiger partial charge in [-0.3, -0.25) is 0 Å². The molecule has 0 aromatic heterocycles. The fraction of sp³-hybridized carbons (Fsp3) is 0.250. The average Bonchev–Trinajstić information content (AvgIpc) is 2.35. The van der Waals surface area contributed by atoms with E-state index in [0.29, 0.717) is 0 Å². The topological polar surface area (TPSA) is 74.6 Å². The molecule has 0 bridgehead atoms. The summed E-state index contributed by atoms with van der Waals surface area (Å²) in [5.41, 5.74) is 2.19. The van der Waals surface area contributed by atoms with Crippen LogP contribution in [0.25, 0.3) is 0 Å². The van der Waals surface area contributed by atoms with E-state index >= 15 is 0 Å². The highest BCUT2D eigenvalue weighted by Crippen LogP contribution is 2.08. The standard InChI is InChI=1S/C16H20O4/c1-5-14(16(19)20)10-12(3)9-11(2)7-6-8-13(4)15(17)18/h5-10H,1-4H3,(H,17,18)(H,19,20)/b7-6+,11-9+,12-10+,13-8+,14-5?. The molecule has 0 radical (unpaired) electrons. The van der Waals surface area contributed by atoms with Gasteiger partial charge in [0, 0.05) is 5.57 Å². The number of hydrogen-bond donors (Lipinski definition) is 2. The number of carboxylic acid groups (broad SMARTS) is 2. The molecule has 0 rings (SSSR count). The first-order valence-corrected chi connectivity index (χ1v) is 6.12. The maximum absolute atomic E-state index is 10.9. The van der Waals surface area contributed by atoms with Gasteiger partial charge in [0.15, 0.2) is 0 Å². The highest BCUT2D eigenvalue weighted by molar-refractivity contribution is 5.90. The van der Waals surface area contributed by atoms with Crippen LogP contribution in [0.4, 0.5) is 0 Å². The quantitative estimate of drug-likeness (QED) is 0.575. The van der Waals surface area contributed by atoms with Crippen molar-refractivity contribution in [3.8, 4) is 0 Å². The molecule has 0 aromatic carbocycles. The first-order chi connectivity index (χ1) is 9.27. The molecule has 0 saturated carbocycles. The third-order valence-corrected chi connectivity index (χ3v) is 2.44. The second kappa shape index (κ2) is 8.69. The minimum Gasteiger partial charge on any atom is -0.478 e. The number of hydrogen-bond acceptors (Lipinski definition) is 2. The van der Waals surface area contributed by atoms with Gasteiger partial charge in [0.2, 0.25) is 0 Å². The molecule has 0 aliphatic carbocycles. The number of rotatable bonds is 6. The molecule has 20 heavy (non-hydrogen) atoms. The van der Waals surface area contributed by atoms with E-state index < -0.39 is 11.9 Å². The predicted molar refractivity (Wildman–Crippen MR) is 79.4 cm³/mol. The van der Waals surface area contributed by atoms with Crippen molar-refractivity contribution in [2.45, 2.75) is 27.7 Å². The fourth-order valence-corrected chi connectivity index (χ4v) is 1.38. The second-order valence-corrected chi connectivity index (χ2v) is 4.34. The molecule has 0 amide bonds. The zero-order valence-electron chi connectivity index (χ0n) is 12.2. The molecule has 0 aliphatic heterocycles. The molecule has 0 aliphatic rings. The first-order valence-electron chi connectivity index (χ1n) is 6.12. The minimum atomic E-state index is -0.964. The zero-order valence-corrected chi connectivity index (χ0v) is 12.2. The molecular formula is C16H20O4. The van der Waals surface area contributed by atoms with Gasteiger partial charge in [-0.1, -0.05) is 41.5 Å². The average molecular weight is 276 g/mol. The van der Waals surface area contributed by atoms with Crippen LogP contribution in [0.5, 0.6) is 0 Å². The highest BCUT2D eigenvalue weighted by Gasteiger charge is 2.01. The Bertz CT molecular complexity index is 529. The van der Waals surface area contributed by atoms with E-state index in [0.717, 1.165) is 11.1 Å². The summed E-state index contributed by atoms with van der Waals surface area (Å²) in [6.07, 6.45) is 9.86. The summed E-state index contributed by atoms with van der Waals surface area (Å²) in [7, 11) is 0. The maximum atomic E-state index is 10.9. The van der Waals surface area contributed by atoms with Crippen LogP contribution in [-0.4, -0.2) is 22.2 Å². The summed E-state index contributed by atoms with van der Waals surface area (Å²) in [4.78, 5) is 21.4. The van der Waals surface area contributed by atoms with E-state index in [1.165, 1.54) is 19.1 Å². The lowest BCUT2D eigenvalue weighted by atomic mass is 10.1. The van der Waals surface area contributed by atoms with E-state index in [9.17, 15) is 9.59 Å². The number of allylic oxidation sites excluding steroid dienone is 7. The van der Waals surface area contributed by atoms with Gasteiger partial charge in [0.1, 0.15) is 0 Å². The summed E-state index contributed by atoms with van der Waals surface area (Å²) < 4.78 is 0. The number of carboxylic acids is 2. The van der Waals surface area contributed by atoms with Gasteiger partial charge in [-0.15, -0.1) is 0 Å². The Morgan fingerprint density at radius 2 is 1.50 bits per heavy atom. The Hall–Kier alpha value is -2.36. The molecule has 108 valence electrons. The predicted octanol–water partition coefficient (Wildman–Crippen LogP) is 3.50. The molecule has 0 unspecified atom stereocenters. The normalized spacial score (nSPS) is 14.8. The molecule has 4 nitrogen and oxygen atoms in total. The van der Waals surface area contributed by atoms with Crippen molar-refractivity contribution in [1.29, 1.82) is 0 Å². The van der Waals surface area contributed by atoms with Crippen LogP contribution >= 0.6 is 0 Å². The Balaban J connectivity index is 4.95. The van der Waals surface area contributed by atoms with Gasteiger partial charge >= 0.3 is 11.9 Å². The van der Waals surface area contributed by atoms with Crippen molar-refractivity contribution in [2.75, 3.05) is 0 Å². The second-order valence-electron chi connectivity index (χ2n) is 4.34. The van der Waals surface area contributed by atoms with Crippen molar-refractivity contribution in [2.24, 2.45) is 0 Å². The lowest BCUT2D eigenvalue weighted by molar-refractivity contribution is -0.133. The highest BCUT2D eigenvalue weighted by atomic mass is 16.4. The van der Waals surface area contributed by atoms with Crippen LogP contribution < -0.4 is 0 Å². The van der Waals surface area contributed by atoms with Crippen molar-refractivity contribution < 1.29 is 19.8 Å². The van der Waals surface area contributed by atoms with Crippen molar-refractivity contribution >= 4 is 11.9 Å². The van der Waals surface area contributed by atoms with Crippen molar-refractivity contribution in [3.05, 3.63) is 58.7 Å². The van der Waals surface area contributed by atoms with Gasteiger partial charge in [-0.2, -0.15) is 0 Å². The molecule has 0 saturated heterocycles. The number of aliphatic carboxylic acids is 2. The summed E-state index contributed by atoms with van der Waals surface area (Å²) in [5.74, 6) is -1.92. The summed E-state index contributed by atoms with van der Waals surface area (Å²) in [6.45, 7) is 6.85. The molecule has 0 heterocycles. The van der Waals surface area contributed by atoms with Crippen LogP contribution in [-0.2, 0) is 9.59 Å². The molecule has 0 aromatic rings. The molecule has 4 heteroatoms. The molecule has 0 spiro atoms. The Morgan fingerprint density at radius 3 is 1.95 bits per heavy atom. The largest absolute Gasteiger partial charge is 0.478 e. The fourth-order valence-electron chi connectivity index (χ4n) is 1.38. The first kappa shape index (κ1) is 17.6. The minimum absolute atomic E-state index is 0.233.